The number of hydrogen-bond acceptors (Lipinski definition) is 4. The van der Waals surface area contributed by atoms with Gasteiger partial charge < -0.3 is 9.67 Å². The monoisotopic (exact) mass is 470 g/mol. The summed E-state index contributed by atoms with van der Waals surface area (Å²) >= 11 is 0. The Balaban J connectivity index is 1.69. The minimum atomic E-state index is -4.45. The number of rotatable bonds is 5. The molecule has 5 nitrogen and oxygen atoms in total. The first-order valence-corrected chi connectivity index (χ1v) is 10.5. The molecule has 0 fully saturated rings. The maximum Gasteiger partial charge on any atom is 0.416 e. The number of hydrogen-bond donors (Lipinski definition) is 1. The second kappa shape index (κ2) is 8.64. The zero-order valence-electron chi connectivity index (χ0n) is 18.7. The molecule has 0 bridgehead atoms. The Labute approximate surface area is 193 Å². The first kappa shape index (κ1) is 23.6. The Hall–Kier alpha value is -3.59. The Kier molecular flexibility index (Phi) is 5.99. The van der Waals surface area contributed by atoms with Crippen molar-refractivity contribution in [1.29, 1.82) is 0 Å². The van der Waals surface area contributed by atoms with Gasteiger partial charge in [-0.05, 0) is 56.7 Å². The van der Waals surface area contributed by atoms with Gasteiger partial charge >= 0.3 is 6.18 Å². The van der Waals surface area contributed by atoms with Crippen LogP contribution in [-0.2, 0) is 18.2 Å². The highest BCUT2D eigenvalue weighted by Crippen LogP contribution is 2.31. The van der Waals surface area contributed by atoms with Crippen LogP contribution in [0.1, 0.15) is 42.2 Å². The molecule has 176 valence electrons. The molecule has 0 aliphatic heterocycles. The quantitative estimate of drug-likeness (QED) is 0.385. The van der Waals surface area contributed by atoms with E-state index < -0.39 is 23.2 Å². The van der Waals surface area contributed by atoms with Gasteiger partial charge in [0.25, 0.3) is 0 Å². The Bertz CT molecular complexity index is 1320. The molecule has 2 aromatic heterocycles. The lowest BCUT2D eigenvalue weighted by molar-refractivity contribution is -0.137. The fraction of sp³-hybridized carbons (Fsp3) is 0.240. The van der Waals surface area contributed by atoms with Gasteiger partial charge in [-0.1, -0.05) is 18.2 Å². The average molecular weight is 470 g/mol. The van der Waals surface area contributed by atoms with E-state index in [2.05, 4.69) is 15.0 Å². The van der Waals surface area contributed by atoms with Crippen LogP contribution < -0.4 is 0 Å². The molecule has 0 radical (unpaired) electrons. The molecule has 9 heteroatoms. The maximum atomic E-state index is 14.8. The number of benzene rings is 2. The zero-order valence-corrected chi connectivity index (χ0v) is 18.7. The number of halogens is 4. The van der Waals surface area contributed by atoms with Crippen LogP contribution in [0.25, 0.3) is 16.9 Å². The summed E-state index contributed by atoms with van der Waals surface area (Å²) in [5.41, 5.74) is 0.741. The third kappa shape index (κ3) is 5.14. The SMILES string of the molecule is Cc1cn(-c2ccc(Cc3nc(-c4ccc(C(F)(F)F)cc4)cc(C(C)(C)O)n3)cc2F)cn1. The molecule has 34 heavy (non-hydrogen) atoms. The molecule has 0 aliphatic rings. The van der Waals surface area contributed by atoms with Crippen LogP contribution in [0.3, 0.4) is 0 Å². The maximum absolute atomic E-state index is 14.8. The molecule has 0 unspecified atom stereocenters. The molecule has 0 saturated heterocycles. The number of aromatic nitrogens is 4. The van der Waals surface area contributed by atoms with Crippen molar-refractivity contribution >= 4 is 0 Å². The van der Waals surface area contributed by atoms with Gasteiger partial charge in [0.05, 0.1) is 34.7 Å². The van der Waals surface area contributed by atoms with Gasteiger partial charge in [0.15, 0.2) is 0 Å². The number of alkyl halides is 3. The van der Waals surface area contributed by atoms with E-state index in [4.69, 9.17) is 0 Å². The van der Waals surface area contributed by atoms with Crippen LogP contribution in [0.4, 0.5) is 17.6 Å². The molecular weight excluding hydrogens is 448 g/mol. The second-order valence-corrected chi connectivity index (χ2v) is 8.57. The van der Waals surface area contributed by atoms with E-state index in [1.807, 2.05) is 6.92 Å². The molecule has 0 atom stereocenters. The first-order chi connectivity index (χ1) is 15.9. The van der Waals surface area contributed by atoms with Crippen molar-refractivity contribution in [1.82, 2.24) is 19.5 Å². The topological polar surface area (TPSA) is 63.8 Å². The average Bonchev–Trinajstić information content (AvgIpc) is 3.18. The second-order valence-electron chi connectivity index (χ2n) is 8.57. The molecule has 4 rings (SSSR count). The van der Waals surface area contributed by atoms with E-state index in [9.17, 15) is 22.7 Å². The minimum absolute atomic E-state index is 0.164. The standard InChI is InChI=1S/C25H22F4N4O/c1-15-13-33(14-30-15)21-9-4-16(10-19(21)26)11-23-31-20(12-22(32-23)24(2,3)34)17-5-7-18(8-6-17)25(27,28)29/h4-10,12-14,34H,11H2,1-3H3. The van der Waals surface area contributed by atoms with Crippen molar-refractivity contribution in [3.63, 3.8) is 0 Å². The smallest absolute Gasteiger partial charge is 0.384 e. The highest BCUT2D eigenvalue weighted by atomic mass is 19.4. The van der Waals surface area contributed by atoms with Crippen molar-refractivity contribution in [2.45, 2.75) is 39.0 Å². The Morgan fingerprint density at radius 1 is 0.971 bits per heavy atom. The summed E-state index contributed by atoms with van der Waals surface area (Å²) in [6, 6.07) is 10.9. The van der Waals surface area contributed by atoms with Gasteiger partial charge in [-0.15, -0.1) is 0 Å². The fourth-order valence-corrected chi connectivity index (χ4v) is 3.47. The molecule has 0 aliphatic carbocycles. The Morgan fingerprint density at radius 3 is 2.24 bits per heavy atom. The van der Waals surface area contributed by atoms with Crippen molar-refractivity contribution in [2.24, 2.45) is 0 Å². The van der Waals surface area contributed by atoms with Crippen molar-refractivity contribution in [3.05, 3.63) is 95.2 Å². The minimum Gasteiger partial charge on any atom is -0.384 e. The van der Waals surface area contributed by atoms with Crippen LogP contribution in [0.2, 0.25) is 0 Å². The molecule has 1 N–H and O–H groups in total. The summed E-state index contributed by atoms with van der Waals surface area (Å²) in [6.45, 7) is 4.92. The predicted octanol–water partition coefficient (Wildman–Crippen LogP) is 5.61. The van der Waals surface area contributed by atoms with E-state index >= 15 is 0 Å². The summed E-state index contributed by atoms with van der Waals surface area (Å²) in [6.07, 6.45) is -1.04. The molecular formula is C25H22F4N4O. The van der Waals surface area contributed by atoms with Gasteiger partial charge in [0.1, 0.15) is 17.2 Å². The van der Waals surface area contributed by atoms with Crippen LogP contribution in [-0.4, -0.2) is 24.6 Å². The first-order valence-electron chi connectivity index (χ1n) is 10.5. The number of aryl methyl sites for hydroxylation is 1. The summed E-state index contributed by atoms with van der Waals surface area (Å²) < 4.78 is 55.1. The van der Waals surface area contributed by atoms with Gasteiger partial charge in [-0.25, -0.2) is 19.3 Å². The van der Waals surface area contributed by atoms with Crippen molar-refractivity contribution < 1.29 is 22.7 Å². The normalized spacial score (nSPS) is 12.2. The highest BCUT2D eigenvalue weighted by Gasteiger charge is 2.30. The molecule has 4 aromatic rings. The van der Waals surface area contributed by atoms with E-state index in [0.29, 0.717) is 34.0 Å². The Morgan fingerprint density at radius 2 is 1.68 bits per heavy atom. The summed E-state index contributed by atoms with van der Waals surface area (Å²) in [7, 11) is 0. The van der Waals surface area contributed by atoms with Gasteiger partial charge in [0.2, 0.25) is 0 Å². The lowest BCUT2D eigenvalue weighted by atomic mass is 10.0. The summed E-state index contributed by atoms with van der Waals surface area (Å²) in [4.78, 5) is 13.0. The van der Waals surface area contributed by atoms with E-state index in [0.717, 1.165) is 17.8 Å². The highest BCUT2D eigenvalue weighted by molar-refractivity contribution is 5.60. The zero-order chi connectivity index (χ0) is 24.7. The van der Waals surface area contributed by atoms with Crippen LogP contribution >= 0.6 is 0 Å². The fourth-order valence-electron chi connectivity index (χ4n) is 3.47. The summed E-state index contributed by atoms with van der Waals surface area (Å²) in [5.74, 6) is -0.142. The third-order valence-electron chi connectivity index (χ3n) is 5.27. The van der Waals surface area contributed by atoms with Crippen molar-refractivity contribution in [2.75, 3.05) is 0 Å². The summed E-state index contributed by atoms with van der Waals surface area (Å²) in [5, 5.41) is 10.5. The predicted molar refractivity (Wildman–Crippen MR) is 119 cm³/mol. The number of aliphatic hydroxyl groups is 1. The van der Waals surface area contributed by atoms with E-state index in [-0.39, 0.29) is 6.42 Å². The molecule has 0 amide bonds. The van der Waals surface area contributed by atoms with Gasteiger partial charge in [0, 0.05) is 18.2 Å². The van der Waals surface area contributed by atoms with Crippen molar-refractivity contribution in [3.8, 4) is 16.9 Å². The lowest BCUT2D eigenvalue weighted by Gasteiger charge is -2.19. The largest absolute Gasteiger partial charge is 0.416 e. The lowest BCUT2D eigenvalue weighted by Crippen LogP contribution is -2.19. The third-order valence-corrected chi connectivity index (χ3v) is 5.27. The van der Waals surface area contributed by atoms with Gasteiger partial charge in [-0.2, -0.15) is 13.2 Å². The molecule has 2 heterocycles. The van der Waals surface area contributed by atoms with Gasteiger partial charge in [-0.3, -0.25) is 0 Å². The molecule has 0 saturated carbocycles. The molecule has 0 spiro atoms. The molecule has 2 aromatic carbocycles. The van der Waals surface area contributed by atoms with Crippen LogP contribution in [0, 0.1) is 12.7 Å². The van der Waals surface area contributed by atoms with E-state index in [1.165, 1.54) is 30.6 Å². The van der Waals surface area contributed by atoms with Crippen LogP contribution in [0.5, 0.6) is 0 Å². The van der Waals surface area contributed by atoms with Crippen LogP contribution in [0.15, 0.2) is 61.1 Å². The number of imidazole rings is 1. The van der Waals surface area contributed by atoms with E-state index in [1.54, 1.807) is 36.7 Å². The number of nitrogens with zero attached hydrogens (tertiary/aromatic N) is 4.